The van der Waals surface area contributed by atoms with Crippen molar-refractivity contribution in [3.63, 3.8) is 0 Å². The van der Waals surface area contributed by atoms with E-state index < -0.39 is 0 Å². The maximum Gasteiger partial charge on any atom is 0.0784 e. The van der Waals surface area contributed by atoms with Crippen molar-refractivity contribution in [2.45, 2.75) is 109 Å². The van der Waals surface area contributed by atoms with Crippen LogP contribution in [0.2, 0.25) is 0 Å². The Morgan fingerprint density at radius 2 is 1.92 bits per heavy atom. The molecule has 2 aliphatic heterocycles. The van der Waals surface area contributed by atoms with E-state index in [0.29, 0.717) is 34.3 Å². The van der Waals surface area contributed by atoms with Crippen LogP contribution in [0.1, 0.15) is 85.5 Å². The summed E-state index contributed by atoms with van der Waals surface area (Å²) < 4.78 is 7.47. The first-order valence-corrected chi connectivity index (χ1v) is 15.5. The van der Waals surface area contributed by atoms with Crippen LogP contribution in [0.4, 0.5) is 0 Å². The SMILES string of the molecule is C[C@H]1C[C@H]2O[C@]3(CCC45CC3(C)C4C[C@H]3[C@H]5CC=C4C[C@@H](O)CC[C@@]43C)[C@H](C)[C@@H]2N(CCN(C)C)C1. The summed E-state index contributed by atoms with van der Waals surface area (Å²) in [7, 11) is 4.43. The molecule has 0 aromatic heterocycles. The highest BCUT2D eigenvalue weighted by Crippen LogP contribution is 2.84. The fourth-order valence-electron chi connectivity index (χ4n) is 12.3. The third-order valence-corrected chi connectivity index (χ3v) is 13.9. The van der Waals surface area contributed by atoms with Gasteiger partial charge >= 0.3 is 0 Å². The number of aliphatic hydroxyl groups excluding tert-OH is 1. The third-order valence-electron chi connectivity index (χ3n) is 13.9. The minimum Gasteiger partial charge on any atom is -0.393 e. The number of nitrogens with zero attached hydrogens (tertiary/aromatic N) is 2. The second kappa shape index (κ2) is 7.83. The van der Waals surface area contributed by atoms with Crippen molar-refractivity contribution in [3.8, 4) is 0 Å². The first-order valence-electron chi connectivity index (χ1n) is 15.5. The highest BCUT2D eigenvalue weighted by molar-refractivity contribution is 5.34. The summed E-state index contributed by atoms with van der Waals surface area (Å²) in [4.78, 5) is 5.18. The zero-order valence-corrected chi connectivity index (χ0v) is 23.9. The van der Waals surface area contributed by atoms with Crippen molar-refractivity contribution >= 4 is 0 Å². The Balaban J connectivity index is 1.19. The summed E-state index contributed by atoms with van der Waals surface area (Å²) in [5.74, 6) is 3.88. The van der Waals surface area contributed by atoms with Crippen LogP contribution >= 0.6 is 0 Å². The Hall–Kier alpha value is -0.420. The predicted octanol–water partition coefficient (Wildman–Crippen LogP) is 5.36. The number of likely N-dealkylation sites (N-methyl/N-ethyl adjacent to an activating group) is 1. The molecule has 5 saturated carbocycles. The lowest BCUT2D eigenvalue weighted by Gasteiger charge is -2.73. The molecule has 0 radical (unpaired) electrons. The Morgan fingerprint density at radius 3 is 2.69 bits per heavy atom. The van der Waals surface area contributed by atoms with Crippen LogP contribution < -0.4 is 0 Å². The molecule has 2 spiro atoms. The molecule has 7 fully saturated rings. The molecule has 2 heterocycles. The first kappa shape index (κ1) is 24.6. The van der Waals surface area contributed by atoms with E-state index in [1.807, 2.05) is 0 Å². The van der Waals surface area contributed by atoms with Gasteiger partial charge in [-0.2, -0.15) is 0 Å². The van der Waals surface area contributed by atoms with Gasteiger partial charge in [0.15, 0.2) is 0 Å². The molecule has 0 amide bonds. The van der Waals surface area contributed by atoms with E-state index in [0.717, 1.165) is 43.1 Å². The lowest BCUT2D eigenvalue weighted by molar-refractivity contribution is -0.294. The predicted molar refractivity (Wildman–Crippen MR) is 145 cm³/mol. The molecule has 4 nitrogen and oxygen atoms in total. The van der Waals surface area contributed by atoms with Gasteiger partial charge in [-0.3, -0.25) is 4.90 Å². The zero-order valence-electron chi connectivity index (χ0n) is 23.9. The molecular formula is C32H52N2O2. The second-order valence-corrected chi connectivity index (χ2v) is 15.6. The van der Waals surface area contributed by atoms with E-state index in [4.69, 9.17) is 4.74 Å². The highest BCUT2D eigenvalue weighted by atomic mass is 16.5. The van der Waals surface area contributed by atoms with Crippen molar-refractivity contribution < 1.29 is 9.84 Å². The van der Waals surface area contributed by atoms with Crippen LogP contribution in [0.5, 0.6) is 0 Å². The maximum atomic E-state index is 10.4. The zero-order chi connectivity index (χ0) is 25.3. The van der Waals surface area contributed by atoms with Gasteiger partial charge < -0.3 is 14.7 Å². The van der Waals surface area contributed by atoms with Crippen LogP contribution in [-0.2, 0) is 4.74 Å². The molecule has 2 bridgehead atoms. The summed E-state index contributed by atoms with van der Waals surface area (Å²) in [5, 5.41) is 10.4. The average Bonchev–Trinajstić information content (AvgIpc) is 3.26. The molecule has 4 heteroatoms. The van der Waals surface area contributed by atoms with Crippen molar-refractivity contribution in [2.24, 2.45) is 45.8 Å². The molecule has 0 aromatic rings. The third kappa shape index (κ3) is 2.91. The highest BCUT2D eigenvalue weighted by Gasteiger charge is 2.81. The Kier molecular flexibility index (Phi) is 5.35. The second-order valence-electron chi connectivity index (χ2n) is 15.6. The topological polar surface area (TPSA) is 35.9 Å². The smallest absolute Gasteiger partial charge is 0.0784 e. The molecule has 0 aromatic carbocycles. The molecule has 12 atom stereocenters. The number of hydrogen-bond acceptors (Lipinski definition) is 4. The maximum absolute atomic E-state index is 10.4. The van der Waals surface area contributed by atoms with E-state index in [2.05, 4.69) is 57.7 Å². The molecule has 3 unspecified atom stereocenters. The van der Waals surface area contributed by atoms with Gasteiger partial charge in [0.05, 0.1) is 17.8 Å². The van der Waals surface area contributed by atoms with Gasteiger partial charge in [0, 0.05) is 37.0 Å². The van der Waals surface area contributed by atoms with Crippen molar-refractivity contribution in [3.05, 3.63) is 11.6 Å². The average molecular weight is 497 g/mol. The van der Waals surface area contributed by atoms with E-state index >= 15 is 0 Å². The number of hydrogen-bond donors (Lipinski definition) is 1. The van der Waals surface area contributed by atoms with Gasteiger partial charge in [-0.15, -0.1) is 0 Å². The van der Waals surface area contributed by atoms with Crippen molar-refractivity contribution in [2.75, 3.05) is 33.7 Å². The van der Waals surface area contributed by atoms with Crippen molar-refractivity contribution in [1.82, 2.24) is 9.80 Å². The molecule has 8 aliphatic rings. The summed E-state index contributed by atoms with van der Waals surface area (Å²) in [6.07, 6.45) is 14.1. The van der Waals surface area contributed by atoms with E-state index in [-0.39, 0.29) is 11.7 Å². The lowest BCUT2D eigenvalue weighted by Crippen LogP contribution is -2.71. The van der Waals surface area contributed by atoms with Crippen molar-refractivity contribution in [1.29, 1.82) is 0 Å². The molecule has 8 rings (SSSR count). The number of allylic oxidation sites excluding steroid dienone is 1. The van der Waals surface area contributed by atoms with Gasteiger partial charge in [0.1, 0.15) is 0 Å². The van der Waals surface area contributed by atoms with E-state index in [9.17, 15) is 5.11 Å². The molecular weight excluding hydrogens is 444 g/mol. The summed E-state index contributed by atoms with van der Waals surface area (Å²) in [6, 6.07) is 0.598. The molecule has 36 heavy (non-hydrogen) atoms. The number of ether oxygens (including phenoxy) is 1. The van der Waals surface area contributed by atoms with Gasteiger partial charge in [-0.05, 0) is 106 Å². The van der Waals surface area contributed by atoms with Crippen LogP contribution in [0.25, 0.3) is 0 Å². The van der Waals surface area contributed by atoms with E-state index in [1.54, 1.807) is 5.57 Å². The number of aliphatic hydroxyl groups is 1. The van der Waals surface area contributed by atoms with Gasteiger partial charge in [0.2, 0.25) is 0 Å². The first-order chi connectivity index (χ1) is 17.0. The van der Waals surface area contributed by atoms with Crippen LogP contribution in [-0.4, -0.2) is 72.5 Å². The fourth-order valence-corrected chi connectivity index (χ4v) is 12.3. The summed E-state index contributed by atoms with van der Waals surface area (Å²) in [5.41, 5.74) is 2.92. The van der Waals surface area contributed by atoms with E-state index in [1.165, 1.54) is 58.0 Å². The molecule has 202 valence electrons. The minimum absolute atomic E-state index is 0.0720. The van der Waals surface area contributed by atoms with Gasteiger partial charge in [0.25, 0.3) is 0 Å². The monoisotopic (exact) mass is 496 g/mol. The number of rotatable bonds is 3. The van der Waals surface area contributed by atoms with Gasteiger partial charge in [-0.25, -0.2) is 0 Å². The number of likely N-dealkylation sites (tertiary alicyclic amines) is 1. The standard InChI is InChI=1S/C32H52N2O2/c1-20-15-26-28(34(18-20)14-13-33(5)6)21(2)32(36-26)12-11-31-19-30(32,4)27(31)17-25-24(31)8-7-22-16-23(35)9-10-29(22,25)3/h7,20-21,23-28,35H,8-19H2,1-6H3/t20-,21+,23-,24+,25-,26+,27?,28-,29-,30?,31?,32+/m0/s1. The Bertz CT molecular complexity index is 948. The lowest BCUT2D eigenvalue weighted by atomic mass is 9.33. The van der Waals surface area contributed by atoms with Crippen LogP contribution in [0.3, 0.4) is 0 Å². The number of fused-ring (bicyclic) bond motifs is 5. The van der Waals surface area contributed by atoms with Crippen LogP contribution in [0, 0.1) is 45.8 Å². The molecule has 1 N–H and O–H groups in total. The molecule has 2 saturated heterocycles. The Labute approximate surface area is 220 Å². The minimum atomic E-state index is -0.105. The number of piperidine rings is 1. The molecule has 6 aliphatic carbocycles. The summed E-state index contributed by atoms with van der Waals surface area (Å²) >= 11 is 0. The van der Waals surface area contributed by atoms with Gasteiger partial charge in [-0.1, -0.05) is 39.3 Å². The fraction of sp³-hybridized carbons (Fsp3) is 0.938. The quantitative estimate of drug-likeness (QED) is 0.534. The summed E-state index contributed by atoms with van der Waals surface area (Å²) in [6.45, 7) is 13.9. The Morgan fingerprint density at radius 1 is 1.11 bits per heavy atom. The largest absolute Gasteiger partial charge is 0.393 e. The normalized spacial score (nSPS) is 57.6. The van der Waals surface area contributed by atoms with Crippen LogP contribution in [0.15, 0.2) is 11.6 Å².